The number of amides is 1. The first kappa shape index (κ1) is 17.5. The van der Waals surface area contributed by atoms with Gasteiger partial charge in [-0.2, -0.15) is 0 Å². The number of aromatic nitrogens is 2. The van der Waals surface area contributed by atoms with E-state index in [1.165, 1.54) is 11.2 Å². The van der Waals surface area contributed by atoms with Crippen molar-refractivity contribution in [2.24, 2.45) is 0 Å². The molecule has 0 bridgehead atoms. The highest BCUT2D eigenvalue weighted by atomic mass is 16.6. The normalized spacial score (nSPS) is 17.4. The zero-order valence-corrected chi connectivity index (χ0v) is 15.5. The fraction of sp³-hybridized carbons (Fsp3) is 0.227. The van der Waals surface area contributed by atoms with Gasteiger partial charge in [-0.05, 0) is 22.3 Å². The summed E-state index contributed by atoms with van der Waals surface area (Å²) in [6.45, 7) is 0.423. The lowest BCUT2D eigenvalue weighted by Crippen LogP contribution is -2.44. The molecule has 5 rings (SSSR count). The van der Waals surface area contributed by atoms with Crippen LogP contribution in [0, 0.1) is 0 Å². The molecule has 1 aliphatic carbocycles. The number of hydrogen-bond donors (Lipinski definition) is 2. The zero-order valence-electron chi connectivity index (χ0n) is 15.5. The molecule has 2 heterocycles. The number of nitrogens with one attached hydrogen (secondary N) is 1. The lowest BCUT2D eigenvalue weighted by Gasteiger charge is -2.31. The van der Waals surface area contributed by atoms with Gasteiger partial charge in [0, 0.05) is 24.6 Å². The number of carboxylic acid groups (broad SMARTS) is 1. The van der Waals surface area contributed by atoms with E-state index < -0.39 is 18.1 Å². The van der Waals surface area contributed by atoms with Gasteiger partial charge in [-0.1, -0.05) is 48.5 Å². The summed E-state index contributed by atoms with van der Waals surface area (Å²) in [7, 11) is 0. The van der Waals surface area contributed by atoms with Gasteiger partial charge in [0.15, 0.2) is 6.04 Å². The minimum absolute atomic E-state index is 0.0691. The maximum absolute atomic E-state index is 12.8. The summed E-state index contributed by atoms with van der Waals surface area (Å²) < 4.78 is 5.64. The number of imidazole rings is 1. The van der Waals surface area contributed by atoms with Gasteiger partial charge in [0.1, 0.15) is 6.61 Å². The predicted molar refractivity (Wildman–Crippen MR) is 104 cm³/mol. The van der Waals surface area contributed by atoms with Gasteiger partial charge < -0.3 is 14.8 Å². The number of fused-ring (bicyclic) bond motifs is 4. The minimum Gasteiger partial charge on any atom is -0.479 e. The lowest BCUT2D eigenvalue weighted by molar-refractivity contribution is -0.143. The number of rotatable bonds is 3. The Hall–Kier alpha value is -3.61. The first-order chi connectivity index (χ1) is 14.1. The largest absolute Gasteiger partial charge is 0.479 e. The van der Waals surface area contributed by atoms with Crippen molar-refractivity contribution in [2.75, 3.05) is 13.2 Å². The Morgan fingerprint density at radius 3 is 2.41 bits per heavy atom. The Balaban J connectivity index is 1.38. The average molecular weight is 389 g/mol. The monoisotopic (exact) mass is 389 g/mol. The molecule has 29 heavy (non-hydrogen) atoms. The van der Waals surface area contributed by atoms with E-state index in [4.69, 9.17) is 4.74 Å². The van der Waals surface area contributed by atoms with Crippen molar-refractivity contribution < 1.29 is 19.4 Å². The van der Waals surface area contributed by atoms with Crippen molar-refractivity contribution in [1.29, 1.82) is 0 Å². The molecule has 1 atom stereocenters. The van der Waals surface area contributed by atoms with Gasteiger partial charge in [0.05, 0.1) is 12.0 Å². The topological polar surface area (TPSA) is 95.5 Å². The quantitative estimate of drug-likeness (QED) is 0.716. The Bertz CT molecular complexity index is 1060. The predicted octanol–water partition coefficient (Wildman–Crippen LogP) is 3.34. The van der Waals surface area contributed by atoms with Crippen molar-refractivity contribution in [1.82, 2.24) is 14.9 Å². The van der Waals surface area contributed by atoms with Crippen LogP contribution in [0.25, 0.3) is 11.1 Å². The maximum Gasteiger partial charge on any atom is 0.410 e. The van der Waals surface area contributed by atoms with Crippen LogP contribution in [0.15, 0.2) is 54.9 Å². The van der Waals surface area contributed by atoms with Crippen LogP contribution in [0.5, 0.6) is 0 Å². The molecular formula is C22H19N3O4. The molecule has 3 aromatic rings. The number of nitrogens with zero attached hydrogens (tertiary/aromatic N) is 2. The van der Waals surface area contributed by atoms with Crippen LogP contribution in [0.4, 0.5) is 4.79 Å². The van der Waals surface area contributed by atoms with Crippen LogP contribution >= 0.6 is 0 Å². The molecule has 146 valence electrons. The zero-order chi connectivity index (χ0) is 20.0. The van der Waals surface area contributed by atoms with E-state index in [9.17, 15) is 14.7 Å². The van der Waals surface area contributed by atoms with Gasteiger partial charge in [-0.3, -0.25) is 4.90 Å². The highest BCUT2D eigenvalue weighted by Gasteiger charge is 2.39. The number of aliphatic carboxylic acids is 1. The molecule has 2 aliphatic rings. The van der Waals surface area contributed by atoms with E-state index in [1.54, 1.807) is 0 Å². The molecule has 2 N–H and O–H groups in total. The van der Waals surface area contributed by atoms with Crippen molar-refractivity contribution in [3.05, 3.63) is 77.4 Å². The summed E-state index contributed by atoms with van der Waals surface area (Å²) >= 11 is 0. The number of H-pyrrole nitrogens is 1. The molecule has 0 saturated carbocycles. The summed E-state index contributed by atoms with van der Waals surface area (Å²) in [6, 6.07) is 15.0. The number of aromatic amines is 1. The van der Waals surface area contributed by atoms with Crippen LogP contribution in [-0.2, 0) is 16.0 Å². The molecule has 2 aromatic carbocycles. The lowest BCUT2D eigenvalue weighted by atomic mass is 9.98. The third kappa shape index (κ3) is 2.77. The van der Waals surface area contributed by atoms with E-state index in [-0.39, 0.29) is 19.1 Å². The first-order valence-corrected chi connectivity index (χ1v) is 9.51. The first-order valence-electron chi connectivity index (χ1n) is 9.51. The van der Waals surface area contributed by atoms with Gasteiger partial charge in [-0.25, -0.2) is 14.6 Å². The van der Waals surface area contributed by atoms with E-state index >= 15 is 0 Å². The summed E-state index contributed by atoms with van der Waals surface area (Å²) in [5.41, 5.74) is 5.64. The molecule has 0 spiro atoms. The van der Waals surface area contributed by atoms with E-state index in [2.05, 4.69) is 22.1 Å². The summed E-state index contributed by atoms with van der Waals surface area (Å²) in [4.78, 5) is 32.9. The molecule has 1 aliphatic heterocycles. The molecule has 1 amide bonds. The molecular weight excluding hydrogens is 370 g/mol. The van der Waals surface area contributed by atoms with Crippen LogP contribution in [0.1, 0.15) is 34.5 Å². The second-order valence-corrected chi connectivity index (χ2v) is 7.25. The van der Waals surface area contributed by atoms with Gasteiger partial charge in [0.25, 0.3) is 0 Å². The van der Waals surface area contributed by atoms with Crippen LogP contribution in [-0.4, -0.2) is 45.2 Å². The highest BCUT2D eigenvalue weighted by molar-refractivity contribution is 5.82. The van der Waals surface area contributed by atoms with Gasteiger partial charge in [0.2, 0.25) is 0 Å². The van der Waals surface area contributed by atoms with Gasteiger partial charge in [-0.15, -0.1) is 0 Å². The Morgan fingerprint density at radius 1 is 1.10 bits per heavy atom. The second kappa shape index (κ2) is 6.77. The molecule has 7 nitrogen and oxygen atoms in total. The summed E-state index contributed by atoms with van der Waals surface area (Å²) in [6.07, 6.45) is 1.35. The van der Waals surface area contributed by atoms with Crippen molar-refractivity contribution in [3.63, 3.8) is 0 Å². The number of ether oxygens (including phenoxy) is 1. The van der Waals surface area contributed by atoms with Crippen molar-refractivity contribution in [3.8, 4) is 11.1 Å². The summed E-state index contributed by atoms with van der Waals surface area (Å²) in [5.74, 6) is -1.19. The van der Waals surface area contributed by atoms with Crippen LogP contribution in [0.2, 0.25) is 0 Å². The van der Waals surface area contributed by atoms with Crippen LogP contribution in [0.3, 0.4) is 0 Å². The minimum atomic E-state index is -1.14. The molecule has 1 unspecified atom stereocenters. The molecule has 1 aromatic heterocycles. The number of carbonyl (C=O) groups is 2. The number of hydrogen-bond acceptors (Lipinski definition) is 4. The molecule has 0 saturated heterocycles. The summed E-state index contributed by atoms with van der Waals surface area (Å²) in [5, 5.41) is 9.66. The maximum atomic E-state index is 12.8. The van der Waals surface area contributed by atoms with Crippen LogP contribution < -0.4 is 0 Å². The molecule has 7 heteroatoms. The molecule has 0 fully saturated rings. The Kier molecular flexibility index (Phi) is 4.08. The second-order valence-electron chi connectivity index (χ2n) is 7.25. The average Bonchev–Trinajstić information content (AvgIpc) is 3.34. The van der Waals surface area contributed by atoms with Crippen molar-refractivity contribution >= 4 is 12.1 Å². The van der Waals surface area contributed by atoms with Gasteiger partial charge >= 0.3 is 12.1 Å². The molecule has 0 radical (unpaired) electrons. The Morgan fingerprint density at radius 2 is 1.76 bits per heavy atom. The van der Waals surface area contributed by atoms with Crippen molar-refractivity contribution in [2.45, 2.75) is 18.4 Å². The number of carbonyl (C=O) groups excluding carboxylic acids is 1. The Labute approximate surface area is 167 Å². The fourth-order valence-corrected chi connectivity index (χ4v) is 4.40. The highest BCUT2D eigenvalue weighted by Crippen LogP contribution is 2.44. The number of carboxylic acids is 1. The smallest absolute Gasteiger partial charge is 0.410 e. The van der Waals surface area contributed by atoms with E-state index in [0.29, 0.717) is 12.1 Å². The third-order valence-electron chi connectivity index (χ3n) is 5.73. The van der Waals surface area contributed by atoms with E-state index in [0.717, 1.165) is 27.9 Å². The third-order valence-corrected chi connectivity index (χ3v) is 5.73. The fourth-order valence-electron chi connectivity index (χ4n) is 4.40. The SMILES string of the molecule is O=C(O)C1c2nc[nH]c2CCN1C(=O)OCC1c2ccccc2-c2ccccc21. The number of benzene rings is 2. The standard InChI is InChI=1S/C22H19N3O4/c26-21(27)20-19-18(23-12-24-19)9-10-25(20)22(28)29-11-17-15-7-3-1-5-13(15)14-6-2-4-8-16(14)17/h1-8,12,17,20H,9-11H2,(H,23,24)(H,26,27). The van der Waals surface area contributed by atoms with E-state index in [1.807, 2.05) is 36.4 Å².